The summed E-state index contributed by atoms with van der Waals surface area (Å²) in [7, 11) is 0. The van der Waals surface area contributed by atoms with Crippen molar-refractivity contribution in [3.63, 3.8) is 0 Å². The molecule has 0 aromatic heterocycles. The Morgan fingerprint density at radius 1 is 1.19 bits per heavy atom. The Hall–Kier alpha value is -0.0400. The minimum absolute atomic E-state index is 0.834. The summed E-state index contributed by atoms with van der Waals surface area (Å²) in [5, 5.41) is 3.84. The van der Waals surface area contributed by atoms with E-state index >= 15 is 0 Å². The smallest absolute Gasteiger partial charge is 0.00953 e. The van der Waals surface area contributed by atoms with Crippen molar-refractivity contribution < 1.29 is 0 Å². The van der Waals surface area contributed by atoms with Crippen LogP contribution in [0.3, 0.4) is 0 Å². The molecule has 1 fully saturated rings. The predicted octanol–water partition coefficient (Wildman–Crippen LogP) is 4.37. The highest BCUT2D eigenvalue weighted by Crippen LogP contribution is 2.28. The van der Waals surface area contributed by atoms with Crippen LogP contribution in [0.1, 0.15) is 72.1 Å². The molecular weight excluding hydrogens is 194 g/mol. The molecule has 1 N–H and O–H groups in total. The summed E-state index contributed by atoms with van der Waals surface area (Å²) in [6.45, 7) is 8.24. The molecule has 1 saturated carbocycles. The van der Waals surface area contributed by atoms with E-state index in [4.69, 9.17) is 0 Å². The number of unbranched alkanes of at least 4 members (excludes halogenated alkanes) is 1. The topological polar surface area (TPSA) is 12.0 Å². The summed E-state index contributed by atoms with van der Waals surface area (Å²) in [6, 6.07) is 0.834. The van der Waals surface area contributed by atoms with Crippen LogP contribution in [0.2, 0.25) is 0 Å². The average molecular weight is 225 g/mol. The lowest BCUT2D eigenvalue weighted by molar-refractivity contribution is 0.340. The summed E-state index contributed by atoms with van der Waals surface area (Å²) < 4.78 is 0. The van der Waals surface area contributed by atoms with Gasteiger partial charge >= 0.3 is 0 Å². The fourth-order valence-corrected chi connectivity index (χ4v) is 3.06. The van der Waals surface area contributed by atoms with Gasteiger partial charge in [-0.25, -0.2) is 0 Å². The van der Waals surface area contributed by atoms with E-state index in [-0.39, 0.29) is 0 Å². The standard InChI is InChI=1S/C15H31N/c1-4-7-9-13(5-2)12-16-15-11-8-10-14(15)6-3/h13-16H,4-12H2,1-3H3. The Morgan fingerprint density at radius 3 is 2.62 bits per heavy atom. The quantitative estimate of drug-likeness (QED) is 0.647. The summed E-state index contributed by atoms with van der Waals surface area (Å²) in [5.74, 6) is 1.88. The highest BCUT2D eigenvalue weighted by Gasteiger charge is 2.25. The monoisotopic (exact) mass is 225 g/mol. The van der Waals surface area contributed by atoms with Crippen LogP contribution in [0.5, 0.6) is 0 Å². The van der Waals surface area contributed by atoms with Crippen molar-refractivity contribution in [2.24, 2.45) is 11.8 Å². The fraction of sp³-hybridized carbons (Fsp3) is 1.00. The number of nitrogens with one attached hydrogen (secondary N) is 1. The number of hydrogen-bond acceptors (Lipinski definition) is 1. The number of hydrogen-bond donors (Lipinski definition) is 1. The summed E-state index contributed by atoms with van der Waals surface area (Å²) in [6.07, 6.45) is 11.2. The van der Waals surface area contributed by atoms with E-state index in [1.54, 1.807) is 0 Å². The molecule has 3 atom stereocenters. The van der Waals surface area contributed by atoms with Gasteiger partial charge in [0.15, 0.2) is 0 Å². The van der Waals surface area contributed by atoms with Crippen molar-refractivity contribution in [2.75, 3.05) is 6.54 Å². The van der Waals surface area contributed by atoms with Crippen molar-refractivity contribution in [1.82, 2.24) is 5.32 Å². The molecule has 0 amide bonds. The van der Waals surface area contributed by atoms with E-state index in [2.05, 4.69) is 26.1 Å². The van der Waals surface area contributed by atoms with E-state index in [0.29, 0.717) is 0 Å². The normalized spacial score (nSPS) is 27.2. The third kappa shape index (κ3) is 4.45. The van der Waals surface area contributed by atoms with Gasteiger partial charge in [-0.15, -0.1) is 0 Å². The zero-order valence-corrected chi connectivity index (χ0v) is 11.6. The largest absolute Gasteiger partial charge is 0.313 e. The molecule has 0 heterocycles. The molecule has 16 heavy (non-hydrogen) atoms. The molecule has 1 nitrogen and oxygen atoms in total. The van der Waals surface area contributed by atoms with Gasteiger partial charge in [0.05, 0.1) is 0 Å². The lowest BCUT2D eigenvalue weighted by Gasteiger charge is -2.23. The van der Waals surface area contributed by atoms with Crippen LogP contribution in [0.15, 0.2) is 0 Å². The maximum Gasteiger partial charge on any atom is 0.00953 e. The molecule has 0 aromatic carbocycles. The molecule has 0 bridgehead atoms. The molecule has 0 saturated heterocycles. The Kier molecular flexibility index (Phi) is 7.11. The van der Waals surface area contributed by atoms with Crippen molar-refractivity contribution in [3.05, 3.63) is 0 Å². The minimum atomic E-state index is 0.834. The van der Waals surface area contributed by atoms with Crippen molar-refractivity contribution in [3.8, 4) is 0 Å². The second-order valence-corrected chi connectivity index (χ2v) is 5.53. The van der Waals surface area contributed by atoms with Crippen molar-refractivity contribution in [1.29, 1.82) is 0 Å². The first-order valence-corrected chi connectivity index (χ1v) is 7.55. The Morgan fingerprint density at radius 2 is 2.00 bits per heavy atom. The van der Waals surface area contributed by atoms with Gasteiger partial charge in [0.25, 0.3) is 0 Å². The average Bonchev–Trinajstić information content (AvgIpc) is 2.77. The molecule has 3 unspecified atom stereocenters. The predicted molar refractivity (Wildman–Crippen MR) is 72.7 cm³/mol. The molecule has 1 aliphatic carbocycles. The molecule has 1 aliphatic rings. The SMILES string of the molecule is CCCCC(CC)CNC1CCCC1CC. The Balaban J connectivity index is 2.20. The van der Waals surface area contributed by atoms with E-state index in [1.807, 2.05) is 0 Å². The highest BCUT2D eigenvalue weighted by molar-refractivity contribution is 4.82. The lowest BCUT2D eigenvalue weighted by Crippen LogP contribution is -2.35. The van der Waals surface area contributed by atoms with Gasteiger partial charge in [0.1, 0.15) is 0 Å². The van der Waals surface area contributed by atoms with Crippen LogP contribution in [0.4, 0.5) is 0 Å². The zero-order chi connectivity index (χ0) is 11.8. The van der Waals surface area contributed by atoms with Crippen LogP contribution >= 0.6 is 0 Å². The van der Waals surface area contributed by atoms with Gasteiger partial charge in [-0.2, -0.15) is 0 Å². The molecular formula is C15H31N. The number of rotatable bonds is 8. The summed E-state index contributed by atoms with van der Waals surface area (Å²) in [4.78, 5) is 0. The van der Waals surface area contributed by atoms with Crippen LogP contribution in [-0.4, -0.2) is 12.6 Å². The van der Waals surface area contributed by atoms with E-state index < -0.39 is 0 Å². The van der Waals surface area contributed by atoms with Gasteiger partial charge in [0, 0.05) is 6.04 Å². The first kappa shape index (κ1) is 14.0. The minimum Gasteiger partial charge on any atom is -0.313 e. The summed E-state index contributed by atoms with van der Waals surface area (Å²) >= 11 is 0. The second kappa shape index (κ2) is 8.11. The molecule has 0 aromatic rings. The molecule has 1 rings (SSSR count). The summed E-state index contributed by atoms with van der Waals surface area (Å²) in [5.41, 5.74) is 0. The molecule has 0 aliphatic heterocycles. The lowest BCUT2D eigenvalue weighted by atomic mass is 9.96. The third-order valence-electron chi connectivity index (χ3n) is 4.40. The first-order chi connectivity index (χ1) is 7.81. The van der Waals surface area contributed by atoms with Gasteiger partial charge in [0.2, 0.25) is 0 Å². The molecule has 0 spiro atoms. The van der Waals surface area contributed by atoms with Crippen molar-refractivity contribution in [2.45, 2.75) is 78.2 Å². The fourth-order valence-electron chi connectivity index (χ4n) is 3.06. The highest BCUT2D eigenvalue weighted by atomic mass is 14.9. The maximum atomic E-state index is 3.84. The Bertz CT molecular complexity index is 167. The van der Waals surface area contributed by atoms with Crippen molar-refractivity contribution >= 4 is 0 Å². The Labute approximate surface area is 102 Å². The van der Waals surface area contributed by atoms with Gasteiger partial charge in [-0.3, -0.25) is 0 Å². The van der Waals surface area contributed by atoms with E-state index in [0.717, 1.165) is 17.9 Å². The van der Waals surface area contributed by atoms with Crippen LogP contribution < -0.4 is 5.32 Å². The van der Waals surface area contributed by atoms with Crippen LogP contribution in [0, 0.1) is 11.8 Å². The van der Waals surface area contributed by atoms with Gasteiger partial charge in [-0.1, -0.05) is 52.9 Å². The van der Waals surface area contributed by atoms with Crippen LogP contribution in [-0.2, 0) is 0 Å². The third-order valence-corrected chi connectivity index (χ3v) is 4.40. The van der Waals surface area contributed by atoms with Gasteiger partial charge < -0.3 is 5.32 Å². The zero-order valence-electron chi connectivity index (χ0n) is 11.6. The second-order valence-electron chi connectivity index (χ2n) is 5.53. The van der Waals surface area contributed by atoms with E-state index in [1.165, 1.54) is 57.9 Å². The molecule has 96 valence electrons. The maximum absolute atomic E-state index is 3.84. The van der Waals surface area contributed by atoms with Gasteiger partial charge in [-0.05, 0) is 37.6 Å². The van der Waals surface area contributed by atoms with Crippen LogP contribution in [0.25, 0.3) is 0 Å². The molecule has 1 heteroatoms. The molecule has 0 radical (unpaired) electrons. The van der Waals surface area contributed by atoms with E-state index in [9.17, 15) is 0 Å². The first-order valence-electron chi connectivity index (χ1n) is 7.55.